The third-order valence-electron chi connectivity index (χ3n) is 7.88. The predicted octanol–water partition coefficient (Wildman–Crippen LogP) is 0.0186. The first-order valence-corrected chi connectivity index (χ1v) is 12.7. The third kappa shape index (κ3) is 4.09. The van der Waals surface area contributed by atoms with Gasteiger partial charge in [-0.15, -0.1) is 11.8 Å². The summed E-state index contributed by atoms with van der Waals surface area (Å²) in [6, 6.07) is -0.795. The molecule has 0 aromatic carbocycles. The number of nitrogens with two attached hydrogens (primary N) is 1. The van der Waals surface area contributed by atoms with Crippen LogP contribution in [0.1, 0.15) is 40.5 Å². The SMILES string of the molecule is CC1CC=C(C(=O)O)C=C1NC(=O)C1CC(SC2=C(C(=O)O)N3C(=O)C(C)(C(C)O)C3C2C)C[NH2+]1. The molecule has 1 aliphatic carbocycles. The fourth-order valence-electron chi connectivity index (χ4n) is 5.60. The molecule has 6 N–H and O–H groups in total. The summed E-state index contributed by atoms with van der Waals surface area (Å²) in [5.41, 5.74) is -0.299. The molecule has 3 aliphatic heterocycles. The number of fused-ring (bicyclic) bond motifs is 1. The van der Waals surface area contributed by atoms with Crippen molar-refractivity contribution in [2.24, 2.45) is 17.3 Å². The number of thioether (sulfide) groups is 1. The van der Waals surface area contributed by atoms with Crippen molar-refractivity contribution in [3.05, 3.63) is 34.0 Å². The van der Waals surface area contributed by atoms with Crippen molar-refractivity contribution in [2.75, 3.05) is 6.54 Å². The average molecular weight is 507 g/mol. The highest BCUT2D eigenvalue weighted by Gasteiger charge is 2.67. The van der Waals surface area contributed by atoms with E-state index in [2.05, 4.69) is 5.32 Å². The molecule has 0 radical (unpaired) electrons. The van der Waals surface area contributed by atoms with Crippen LogP contribution in [0.5, 0.6) is 0 Å². The van der Waals surface area contributed by atoms with E-state index in [4.69, 9.17) is 0 Å². The molecule has 0 bridgehead atoms. The number of carboxylic acid groups (broad SMARTS) is 2. The summed E-state index contributed by atoms with van der Waals surface area (Å²) in [5, 5.41) is 34.1. The average Bonchev–Trinajstić information content (AvgIpc) is 3.36. The normalized spacial score (nSPS) is 35.2. The molecule has 3 heterocycles. The quantitative estimate of drug-likeness (QED) is 0.302. The monoisotopic (exact) mass is 506 g/mol. The molecule has 7 atom stereocenters. The second kappa shape index (κ2) is 9.11. The van der Waals surface area contributed by atoms with Crippen molar-refractivity contribution in [1.82, 2.24) is 10.2 Å². The Kier molecular flexibility index (Phi) is 6.62. The van der Waals surface area contributed by atoms with Gasteiger partial charge in [0.2, 0.25) is 5.91 Å². The fourth-order valence-corrected chi connectivity index (χ4v) is 7.11. The zero-order chi connectivity index (χ0) is 25.8. The van der Waals surface area contributed by atoms with E-state index >= 15 is 0 Å². The number of carboxylic acids is 2. The molecule has 4 aliphatic rings. The highest BCUT2D eigenvalue weighted by atomic mass is 32.2. The van der Waals surface area contributed by atoms with Crippen LogP contribution in [-0.2, 0) is 19.2 Å². The van der Waals surface area contributed by atoms with Crippen LogP contribution < -0.4 is 10.6 Å². The summed E-state index contributed by atoms with van der Waals surface area (Å²) in [7, 11) is 0. The minimum absolute atomic E-state index is 0.00142. The predicted molar refractivity (Wildman–Crippen MR) is 127 cm³/mol. The van der Waals surface area contributed by atoms with Crippen LogP contribution in [0.25, 0.3) is 0 Å². The number of aliphatic hydroxyl groups is 1. The number of carbonyl (C=O) groups excluding carboxylic acids is 2. The maximum Gasteiger partial charge on any atom is 0.353 e. The second-order valence-electron chi connectivity index (χ2n) is 10.1. The highest BCUT2D eigenvalue weighted by molar-refractivity contribution is 8.03. The van der Waals surface area contributed by atoms with Gasteiger partial charge in [-0.1, -0.05) is 19.9 Å². The molecule has 35 heavy (non-hydrogen) atoms. The number of hydrogen-bond donors (Lipinski definition) is 5. The topological polar surface area (TPSA) is 161 Å². The number of rotatable bonds is 7. The molecule has 11 heteroatoms. The van der Waals surface area contributed by atoms with Crippen LogP contribution in [0.4, 0.5) is 0 Å². The van der Waals surface area contributed by atoms with E-state index in [1.54, 1.807) is 19.9 Å². The second-order valence-corrected chi connectivity index (χ2v) is 11.5. The van der Waals surface area contributed by atoms with Crippen LogP contribution in [0.15, 0.2) is 34.0 Å². The van der Waals surface area contributed by atoms with E-state index in [1.165, 1.54) is 22.7 Å². The lowest BCUT2D eigenvalue weighted by Gasteiger charge is -2.54. The number of nitrogens with zero attached hydrogens (tertiary/aromatic N) is 1. The Balaban J connectivity index is 1.45. The summed E-state index contributed by atoms with van der Waals surface area (Å²) >= 11 is 1.40. The van der Waals surface area contributed by atoms with Crippen LogP contribution >= 0.6 is 11.8 Å². The summed E-state index contributed by atoms with van der Waals surface area (Å²) in [6.45, 7) is 7.65. The Labute approximate surface area is 207 Å². The number of aliphatic carboxylic acids is 2. The summed E-state index contributed by atoms with van der Waals surface area (Å²) in [6.07, 6.45) is 3.28. The summed E-state index contributed by atoms with van der Waals surface area (Å²) in [5.74, 6) is -3.02. The van der Waals surface area contributed by atoms with Gasteiger partial charge in [0.25, 0.3) is 5.91 Å². The van der Waals surface area contributed by atoms with Gasteiger partial charge >= 0.3 is 11.9 Å². The minimum Gasteiger partial charge on any atom is -0.478 e. The van der Waals surface area contributed by atoms with E-state index in [0.717, 1.165) is 0 Å². The van der Waals surface area contributed by atoms with Crippen molar-refractivity contribution in [3.8, 4) is 0 Å². The van der Waals surface area contributed by atoms with Crippen LogP contribution in [0, 0.1) is 17.3 Å². The number of quaternary nitrogens is 1. The van der Waals surface area contributed by atoms with E-state index in [-0.39, 0.29) is 46.2 Å². The number of carbonyl (C=O) groups is 4. The molecule has 0 saturated carbocycles. The molecular formula is C24H32N3O7S+. The Morgan fingerprint density at radius 2 is 1.94 bits per heavy atom. The zero-order valence-corrected chi connectivity index (χ0v) is 21.0. The molecule has 0 aromatic heterocycles. The molecule has 7 unspecified atom stereocenters. The lowest BCUT2D eigenvalue weighted by Crippen LogP contribution is -2.89. The maximum atomic E-state index is 12.9. The number of amides is 2. The molecule has 2 fully saturated rings. The van der Waals surface area contributed by atoms with Crippen LogP contribution in [0.2, 0.25) is 0 Å². The minimum atomic E-state index is -1.17. The smallest absolute Gasteiger partial charge is 0.353 e. The number of aliphatic hydroxyl groups excluding tert-OH is 1. The zero-order valence-electron chi connectivity index (χ0n) is 20.1. The number of β-lactam (4-membered cyclic amide) rings is 1. The fraction of sp³-hybridized carbons (Fsp3) is 0.583. The number of hydrogen-bond acceptors (Lipinski definition) is 6. The van der Waals surface area contributed by atoms with E-state index in [9.17, 15) is 34.5 Å². The van der Waals surface area contributed by atoms with E-state index < -0.39 is 29.5 Å². The molecule has 190 valence electrons. The van der Waals surface area contributed by atoms with Crippen molar-refractivity contribution in [1.29, 1.82) is 0 Å². The third-order valence-corrected chi connectivity index (χ3v) is 9.42. The summed E-state index contributed by atoms with van der Waals surface area (Å²) < 4.78 is 0. The number of allylic oxidation sites excluding steroid dienone is 2. The Bertz CT molecular complexity index is 1080. The van der Waals surface area contributed by atoms with Gasteiger partial charge in [-0.3, -0.25) is 14.5 Å². The Morgan fingerprint density at radius 3 is 2.54 bits per heavy atom. The highest BCUT2D eigenvalue weighted by Crippen LogP contribution is 2.57. The van der Waals surface area contributed by atoms with Gasteiger partial charge in [-0.05, 0) is 32.3 Å². The van der Waals surface area contributed by atoms with Gasteiger partial charge in [-0.25, -0.2) is 9.59 Å². The molecule has 0 aromatic rings. The molecular weight excluding hydrogens is 474 g/mol. The van der Waals surface area contributed by atoms with Gasteiger partial charge in [0.15, 0.2) is 6.04 Å². The van der Waals surface area contributed by atoms with Gasteiger partial charge in [-0.2, -0.15) is 0 Å². The maximum absolute atomic E-state index is 12.9. The van der Waals surface area contributed by atoms with Crippen LogP contribution in [0.3, 0.4) is 0 Å². The molecule has 10 nitrogen and oxygen atoms in total. The lowest BCUT2D eigenvalue weighted by atomic mass is 9.66. The van der Waals surface area contributed by atoms with Crippen molar-refractivity contribution >= 4 is 35.5 Å². The van der Waals surface area contributed by atoms with Crippen molar-refractivity contribution in [3.63, 3.8) is 0 Å². The van der Waals surface area contributed by atoms with Gasteiger partial charge < -0.3 is 26.0 Å². The van der Waals surface area contributed by atoms with Gasteiger partial charge in [0.05, 0.1) is 34.9 Å². The largest absolute Gasteiger partial charge is 0.478 e. The van der Waals surface area contributed by atoms with Crippen molar-refractivity contribution in [2.45, 2.75) is 64.0 Å². The van der Waals surface area contributed by atoms with Crippen molar-refractivity contribution < 1.29 is 39.8 Å². The van der Waals surface area contributed by atoms with Crippen LogP contribution in [-0.4, -0.2) is 74.0 Å². The Morgan fingerprint density at radius 1 is 1.26 bits per heavy atom. The van der Waals surface area contributed by atoms with Gasteiger partial charge in [0, 0.05) is 22.9 Å². The van der Waals surface area contributed by atoms with E-state index in [1.807, 2.05) is 19.2 Å². The standard InChI is InChI=1S/C24H31N3O7S/c1-10-5-6-13(21(30)31)7-15(10)26-20(29)16-8-14(9-25-16)35-18-11(2)19-24(4,12(3)28)23(34)27(19)17(18)22(32)33/h6-7,10-12,14,16,19,25,28H,5,8-9H2,1-4H3,(H,26,29)(H,30,31)(H,32,33)/p+1. The first kappa shape index (κ1) is 25.5. The summed E-state index contributed by atoms with van der Waals surface area (Å²) in [4.78, 5) is 51.1. The first-order valence-electron chi connectivity index (χ1n) is 11.8. The molecule has 2 saturated heterocycles. The van der Waals surface area contributed by atoms with Gasteiger partial charge in [0.1, 0.15) is 5.70 Å². The first-order chi connectivity index (χ1) is 16.4. The Hall–Kier alpha value is -2.63. The lowest BCUT2D eigenvalue weighted by molar-refractivity contribution is -0.657. The van der Waals surface area contributed by atoms with E-state index in [0.29, 0.717) is 30.0 Å². The molecule has 2 amide bonds. The molecule has 4 rings (SSSR count). The molecule has 0 spiro atoms. The number of nitrogens with one attached hydrogen (secondary N) is 1.